The molecule has 2 aromatic carbocycles. The zero-order valence-corrected chi connectivity index (χ0v) is 16.1. The Labute approximate surface area is 163 Å². The number of piperidine rings is 1. The molecular formula is C22H25N3O3. The summed E-state index contributed by atoms with van der Waals surface area (Å²) in [5, 5.41) is 0. The zero-order chi connectivity index (χ0) is 19.5. The molecule has 1 saturated heterocycles. The van der Waals surface area contributed by atoms with Crippen LogP contribution in [0.2, 0.25) is 0 Å². The summed E-state index contributed by atoms with van der Waals surface area (Å²) in [7, 11) is 0. The number of carbonyl (C=O) groups is 1. The van der Waals surface area contributed by atoms with Crippen molar-refractivity contribution < 1.29 is 9.53 Å². The maximum Gasteiger partial charge on any atom is 0.326 e. The van der Waals surface area contributed by atoms with Crippen molar-refractivity contribution in [2.24, 2.45) is 0 Å². The third-order valence-corrected chi connectivity index (χ3v) is 5.41. The molecule has 0 atom stereocenters. The van der Waals surface area contributed by atoms with E-state index in [1.807, 2.05) is 64.9 Å². The number of likely N-dealkylation sites (tertiary alicyclic amines) is 1. The topological polar surface area (TPSA) is 67.3 Å². The standard InChI is InChI=1S/C22H25N3O3/c1-2-28-15-16-7-9-17(10-8-16)21(26)24-13-11-18(12-14-24)25-20-6-4-3-5-19(20)23-22(25)27/h3-10,18H,2,11-15H2,1H3,(H,23,27). The van der Waals surface area contributed by atoms with Gasteiger partial charge in [-0.1, -0.05) is 24.3 Å². The number of rotatable bonds is 5. The van der Waals surface area contributed by atoms with E-state index in [0.29, 0.717) is 31.9 Å². The van der Waals surface area contributed by atoms with Gasteiger partial charge >= 0.3 is 5.69 Å². The quantitative estimate of drug-likeness (QED) is 0.739. The molecule has 1 aromatic heterocycles. The molecule has 1 N–H and O–H groups in total. The van der Waals surface area contributed by atoms with Crippen molar-refractivity contribution in [3.63, 3.8) is 0 Å². The lowest BCUT2D eigenvalue weighted by atomic mass is 10.0. The molecular weight excluding hydrogens is 354 g/mol. The van der Waals surface area contributed by atoms with E-state index in [1.54, 1.807) is 0 Å². The molecule has 0 unspecified atom stereocenters. The molecule has 2 heterocycles. The fourth-order valence-corrected chi connectivity index (χ4v) is 3.91. The number of aromatic amines is 1. The fourth-order valence-electron chi connectivity index (χ4n) is 3.91. The number of nitrogens with zero attached hydrogens (tertiary/aromatic N) is 2. The number of para-hydroxylation sites is 2. The summed E-state index contributed by atoms with van der Waals surface area (Å²) < 4.78 is 7.24. The first-order chi connectivity index (χ1) is 13.7. The molecule has 1 aliphatic heterocycles. The summed E-state index contributed by atoms with van der Waals surface area (Å²) in [6.45, 7) is 4.50. The van der Waals surface area contributed by atoms with Gasteiger partial charge in [-0.2, -0.15) is 0 Å². The lowest BCUT2D eigenvalue weighted by Gasteiger charge is -2.32. The lowest BCUT2D eigenvalue weighted by molar-refractivity contribution is 0.0695. The number of hydrogen-bond donors (Lipinski definition) is 1. The number of nitrogens with one attached hydrogen (secondary N) is 1. The van der Waals surface area contributed by atoms with Gasteiger partial charge in [-0.3, -0.25) is 9.36 Å². The van der Waals surface area contributed by atoms with Gasteiger partial charge in [-0.15, -0.1) is 0 Å². The number of amides is 1. The van der Waals surface area contributed by atoms with E-state index in [2.05, 4.69) is 4.98 Å². The highest BCUT2D eigenvalue weighted by molar-refractivity contribution is 5.94. The molecule has 1 amide bonds. The molecule has 0 aliphatic carbocycles. The Balaban J connectivity index is 1.43. The smallest absolute Gasteiger partial charge is 0.326 e. The fraction of sp³-hybridized carbons (Fsp3) is 0.364. The number of imidazole rings is 1. The second-order valence-corrected chi connectivity index (χ2v) is 7.17. The number of ether oxygens (including phenoxy) is 1. The van der Waals surface area contributed by atoms with Crippen molar-refractivity contribution in [3.8, 4) is 0 Å². The minimum absolute atomic E-state index is 0.0488. The van der Waals surface area contributed by atoms with Crippen LogP contribution < -0.4 is 5.69 Å². The van der Waals surface area contributed by atoms with Gasteiger partial charge in [0, 0.05) is 31.3 Å². The largest absolute Gasteiger partial charge is 0.377 e. The number of carbonyl (C=O) groups excluding carboxylic acids is 1. The van der Waals surface area contributed by atoms with E-state index in [4.69, 9.17) is 4.74 Å². The van der Waals surface area contributed by atoms with Crippen LogP contribution in [0.25, 0.3) is 11.0 Å². The summed E-state index contributed by atoms with van der Waals surface area (Å²) in [5.41, 5.74) is 3.48. The van der Waals surface area contributed by atoms with Crippen LogP contribution in [0.5, 0.6) is 0 Å². The van der Waals surface area contributed by atoms with E-state index >= 15 is 0 Å². The number of H-pyrrole nitrogens is 1. The Morgan fingerprint density at radius 2 is 1.82 bits per heavy atom. The highest BCUT2D eigenvalue weighted by Crippen LogP contribution is 2.25. The zero-order valence-electron chi connectivity index (χ0n) is 16.1. The maximum absolute atomic E-state index is 12.8. The Bertz CT molecular complexity index is 1010. The summed E-state index contributed by atoms with van der Waals surface area (Å²) in [6.07, 6.45) is 1.55. The van der Waals surface area contributed by atoms with Crippen LogP contribution >= 0.6 is 0 Å². The lowest BCUT2D eigenvalue weighted by Crippen LogP contribution is -2.40. The molecule has 146 valence electrons. The predicted molar refractivity (Wildman–Crippen MR) is 109 cm³/mol. The molecule has 1 aliphatic rings. The van der Waals surface area contributed by atoms with Gasteiger partial charge < -0.3 is 14.6 Å². The first-order valence-electron chi connectivity index (χ1n) is 9.82. The third-order valence-electron chi connectivity index (χ3n) is 5.41. The van der Waals surface area contributed by atoms with Crippen molar-refractivity contribution in [1.82, 2.24) is 14.5 Å². The highest BCUT2D eigenvalue weighted by atomic mass is 16.5. The molecule has 6 heteroatoms. The van der Waals surface area contributed by atoms with Gasteiger partial charge in [-0.05, 0) is 49.6 Å². The van der Waals surface area contributed by atoms with Crippen molar-refractivity contribution in [1.29, 1.82) is 0 Å². The first-order valence-corrected chi connectivity index (χ1v) is 9.82. The average Bonchev–Trinajstić information content (AvgIpc) is 3.08. The summed E-state index contributed by atoms with van der Waals surface area (Å²) in [5.74, 6) is 0.0488. The first kappa shape index (κ1) is 18.5. The summed E-state index contributed by atoms with van der Waals surface area (Å²) in [6, 6.07) is 15.5. The number of aromatic nitrogens is 2. The van der Waals surface area contributed by atoms with E-state index < -0.39 is 0 Å². The molecule has 6 nitrogen and oxygen atoms in total. The van der Waals surface area contributed by atoms with E-state index in [9.17, 15) is 9.59 Å². The monoisotopic (exact) mass is 379 g/mol. The predicted octanol–water partition coefficient (Wildman–Crippen LogP) is 3.34. The average molecular weight is 379 g/mol. The van der Waals surface area contributed by atoms with Crippen LogP contribution in [-0.4, -0.2) is 40.1 Å². The van der Waals surface area contributed by atoms with Gasteiger partial charge in [0.15, 0.2) is 0 Å². The second-order valence-electron chi connectivity index (χ2n) is 7.17. The number of fused-ring (bicyclic) bond motifs is 1. The van der Waals surface area contributed by atoms with E-state index in [0.717, 1.165) is 29.4 Å². The van der Waals surface area contributed by atoms with Crippen LogP contribution in [0.1, 0.15) is 41.7 Å². The summed E-state index contributed by atoms with van der Waals surface area (Å²) >= 11 is 0. The van der Waals surface area contributed by atoms with Crippen LogP contribution in [0.3, 0.4) is 0 Å². The Kier molecular flexibility index (Phi) is 5.30. The molecule has 3 aromatic rings. The maximum atomic E-state index is 12.8. The molecule has 28 heavy (non-hydrogen) atoms. The van der Waals surface area contributed by atoms with Crippen molar-refractivity contribution >= 4 is 16.9 Å². The van der Waals surface area contributed by atoms with Crippen LogP contribution in [0, 0.1) is 0 Å². The molecule has 0 bridgehead atoms. The third kappa shape index (κ3) is 3.60. The van der Waals surface area contributed by atoms with Crippen LogP contribution in [0.15, 0.2) is 53.3 Å². The molecule has 0 spiro atoms. The van der Waals surface area contributed by atoms with Gasteiger partial charge in [-0.25, -0.2) is 4.79 Å². The van der Waals surface area contributed by atoms with Crippen molar-refractivity contribution in [2.75, 3.05) is 19.7 Å². The molecule has 1 fully saturated rings. The van der Waals surface area contributed by atoms with Gasteiger partial charge in [0.2, 0.25) is 0 Å². The van der Waals surface area contributed by atoms with Gasteiger partial charge in [0.25, 0.3) is 5.91 Å². The summed E-state index contributed by atoms with van der Waals surface area (Å²) in [4.78, 5) is 30.0. The number of benzene rings is 2. The van der Waals surface area contributed by atoms with Crippen molar-refractivity contribution in [2.45, 2.75) is 32.4 Å². The van der Waals surface area contributed by atoms with E-state index in [-0.39, 0.29) is 17.6 Å². The number of hydrogen-bond acceptors (Lipinski definition) is 3. The van der Waals surface area contributed by atoms with Gasteiger partial charge in [0.05, 0.1) is 17.6 Å². The highest BCUT2D eigenvalue weighted by Gasteiger charge is 2.26. The van der Waals surface area contributed by atoms with Crippen LogP contribution in [-0.2, 0) is 11.3 Å². The minimum atomic E-state index is -0.0733. The van der Waals surface area contributed by atoms with Crippen molar-refractivity contribution in [3.05, 3.63) is 70.1 Å². The van der Waals surface area contributed by atoms with Crippen LogP contribution in [0.4, 0.5) is 0 Å². The Morgan fingerprint density at radius 3 is 2.54 bits per heavy atom. The normalized spacial score (nSPS) is 15.2. The Morgan fingerprint density at radius 1 is 1.11 bits per heavy atom. The van der Waals surface area contributed by atoms with Gasteiger partial charge in [0.1, 0.15) is 0 Å². The second kappa shape index (κ2) is 8.02. The SMILES string of the molecule is CCOCc1ccc(C(=O)N2CCC(n3c(=O)[nH]c4ccccc43)CC2)cc1. The van der Waals surface area contributed by atoms with E-state index in [1.165, 1.54) is 0 Å². The molecule has 0 radical (unpaired) electrons. The Hall–Kier alpha value is -2.86. The molecule has 0 saturated carbocycles. The minimum Gasteiger partial charge on any atom is -0.377 e. The molecule has 4 rings (SSSR count).